The lowest BCUT2D eigenvalue weighted by Crippen LogP contribution is -2.40. The summed E-state index contributed by atoms with van der Waals surface area (Å²) in [5.41, 5.74) is 2.51. The minimum Gasteiger partial charge on any atom is -0.481 e. The Morgan fingerprint density at radius 2 is 1.69 bits per heavy atom. The van der Waals surface area contributed by atoms with Gasteiger partial charge in [0.2, 0.25) is 5.91 Å². The minimum absolute atomic E-state index is 0.0903. The zero-order valence-corrected chi connectivity index (χ0v) is 17.9. The summed E-state index contributed by atoms with van der Waals surface area (Å²) in [5, 5.41) is 16.2. The van der Waals surface area contributed by atoms with Crippen molar-refractivity contribution in [1.29, 1.82) is 0 Å². The van der Waals surface area contributed by atoms with Gasteiger partial charge in [0.05, 0.1) is 12.7 Å². The molecule has 0 bridgehead atoms. The maximum absolute atomic E-state index is 13.3. The number of fused-ring (bicyclic) bond motifs is 1. The molecule has 6 heteroatoms. The molecule has 1 aromatic heterocycles. The second kappa shape index (κ2) is 9.47. The number of carbonyl (C=O) groups is 2. The molecule has 0 fully saturated rings. The summed E-state index contributed by atoms with van der Waals surface area (Å²) in [4.78, 5) is 26.8. The minimum atomic E-state index is -1.18. The van der Waals surface area contributed by atoms with Crippen LogP contribution in [0.3, 0.4) is 0 Å². The van der Waals surface area contributed by atoms with Crippen LogP contribution in [0.5, 0.6) is 0 Å². The highest BCUT2D eigenvalue weighted by Crippen LogP contribution is 2.24. The maximum Gasteiger partial charge on any atom is 0.316 e. The van der Waals surface area contributed by atoms with Gasteiger partial charge in [0.25, 0.3) is 0 Å². The highest BCUT2D eigenvalue weighted by atomic mass is 16.4. The van der Waals surface area contributed by atoms with Crippen molar-refractivity contribution < 1.29 is 14.7 Å². The molecule has 6 nitrogen and oxygen atoms in total. The lowest BCUT2D eigenvalue weighted by molar-refractivity contribution is -0.146. The average molecular weight is 428 g/mol. The van der Waals surface area contributed by atoms with Crippen LogP contribution in [0.1, 0.15) is 18.1 Å². The Morgan fingerprint density at radius 1 is 0.969 bits per heavy atom. The number of hydrogen-bond donors (Lipinski definition) is 1. The number of amides is 1. The lowest BCUT2D eigenvalue weighted by atomic mass is 9.99. The van der Waals surface area contributed by atoms with E-state index in [0.29, 0.717) is 18.8 Å². The van der Waals surface area contributed by atoms with Crippen LogP contribution < -0.4 is 4.90 Å². The van der Waals surface area contributed by atoms with Crippen molar-refractivity contribution >= 4 is 28.3 Å². The second-order valence-electron chi connectivity index (χ2n) is 7.74. The van der Waals surface area contributed by atoms with Gasteiger partial charge >= 0.3 is 5.97 Å². The molecule has 1 heterocycles. The first kappa shape index (κ1) is 21.3. The van der Waals surface area contributed by atoms with Crippen molar-refractivity contribution in [1.82, 2.24) is 9.78 Å². The third-order valence-corrected chi connectivity index (χ3v) is 5.54. The van der Waals surface area contributed by atoms with Gasteiger partial charge in [0.1, 0.15) is 5.92 Å². The summed E-state index contributed by atoms with van der Waals surface area (Å²) >= 11 is 0. The Bertz CT molecular complexity index is 1230. The molecule has 0 saturated carbocycles. The fraction of sp³-hybridized carbons (Fsp3) is 0.192. The third kappa shape index (κ3) is 4.70. The molecule has 0 aliphatic rings. The van der Waals surface area contributed by atoms with Gasteiger partial charge in [-0.3, -0.25) is 14.3 Å². The Morgan fingerprint density at radius 3 is 2.41 bits per heavy atom. The first-order valence-electron chi connectivity index (χ1n) is 10.6. The van der Waals surface area contributed by atoms with E-state index in [0.717, 1.165) is 21.9 Å². The predicted molar refractivity (Wildman–Crippen MR) is 125 cm³/mol. The second-order valence-corrected chi connectivity index (χ2v) is 7.74. The molecule has 3 aromatic carbocycles. The van der Waals surface area contributed by atoms with Crippen LogP contribution in [-0.4, -0.2) is 33.3 Å². The third-order valence-electron chi connectivity index (χ3n) is 5.54. The van der Waals surface area contributed by atoms with Gasteiger partial charge in [-0.2, -0.15) is 5.10 Å². The van der Waals surface area contributed by atoms with Gasteiger partial charge in [-0.15, -0.1) is 0 Å². The number of benzene rings is 3. The topological polar surface area (TPSA) is 75.4 Å². The maximum atomic E-state index is 13.3. The number of carboxylic acid groups (broad SMARTS) is 1. The van der Waals surface area contributed by atoms with Gasteiger partial charge in [0, 0.05) is 18.4 Å². The molecule has 4 aromatic rings. The summed E-state index contributed by atoms with van der Waals surface area (Å²) in [5.74, 6) is -2.74. The van der Waals surface area contributed by atoms with Crippen LogP contribution in [0, 0.1) is 5.92 Å². The van der Waals surface area contributed by atoms with E-state index in [4.69, 9.17) is 0 Å². The number of anilines is 1. The van der Waals surface area contributed by atoms with Crippen molar-refractivity contribution in [2.75, 3.05) is 11.4 Å². The van der Waals surface area contributed by atoms with E-state index in [9.17, 15) is 14.7 Å². The molecule has 1 amide bonds. The number of rotatable bonds is 8. The number of aliphatic carboxylic acids is 1. The van der Waals surface area contributed by atoms with Gasteiger partial charge < -0.3 is 10.0 Å². The van der Waals surface area contributed by atoms with Crippen LogP contribution in [0.2, 0.25) is 0 Å². The van der Waals surface area contributed by atoms with E-state index < -0.39 is 17.8 Å². The standard InChI is InChI=1S/C26H25N3O3/c1-2-29(23-13-12-21-10-6-7-11-22(21)15-23)25(30)24(26(31)32)14-20-16-27-28(18-20)17-19-8-4-3-5-9-19/h3-13,15-16,18,24H,2,14,17H2,1H3,(H,31,32). The van der Waals surface area contributed by atoms with Crippen LogP contribution in [-0.2, 0) is 22.6 Å². The molecule has 1 atom stereocenters. The molecule has 0 radical (unpaired) electrons. The smallest absolute Gasteiger partial charge is 0.316 e. The highest BCUT2D eigenvalue weighted by Gasteiger charge is 2.31. The fourth-order valence-electron chi connectivity index (χ4n) is 3.88. The molecular weight excluding hydrogens is 402 g/mol. The fourth-order valence-corrected chi connectivity index (χ4v) is 3.88. The number of nitrogens with zero attached hydrogens (tertiary/aromatic N) is 3. The summed E-state index contributed by atoms with van der Waals surface area (Å²) in [6.45, 7) is 2.82. The van der Waals surface area contributed by atoms with E-state index in [1.807, 2.05) is 85.9 Å². The summed E-state index contributed by atoms with van der Waals surface area (Å²) in [6, 6.07) is 23.5. The lowest BCUT2D eigenvalue weighted by Gasteiger charge is -2.24. The molecule has 1 unspecified atom stereocenters. The van der Waals surface area contributed by atoms with Gasteiger partial charge in [-0.1, -0.05) is 60.7 Å². The summed E-state index contributed by atoms with van der Waals surface area (Å²) in [7, 11) is 0. The molecule has 0 aliphatic heterocycles. The van der Waals surface area contributed by atoms with Gasteiger partial charge in [-0.05, 0) is 47.4 Å². The molecular formula is C26H25N3O3. The molecule has 162 valence electrons. The van der Waals surface area contributed by atoms with Crippen molar-refractivity contribution in [3.63, 3.8) is 0 Å². The molecule has 0 saturated heterocycles. The van der Waals surface area contributed by atoms with Gasteiger partial charge in [-0.25, -0.2) is 0 Å². The van der Waals surface area contributed by atoms with E-state index in [2.05, 4.69) is 5.10 Å². The van der Waals surface area contributed by atoms with E-state index >= 15 is 0 Å². The first-order valence-corrected chi connectivity index (χ1v) is 10.6. The molecule has 0 aliphatic carbocycles. The molecule has 4 rings (SSSR count). The van der Waals surface area contributed by atoms with E-state index in [1.54, 1.807) is 15.8 Å². The summed E-state index contributed by atoms with van der Waals surface area (Å²) < 4.78 is 1.76. The molecule has 0 spiro atoms. The van der Waals surface area contributed by atoms with Crippen molar-refractivity contribution in [2.45, 2.75) is 19.9 Å². The van der Waals surface area contributed by atoms with Crippen LogP contribution in [0.4, 0.5) is 5.69 Å². The quantitative estimate of drug-likeness (QED) is 0.424. The Kier molecular flexibility index (Phi) is 6.31. The highest BCUT2D eigenvalue weighted by molar-refractivity contribution is 6.06. The van der Waals surface area contributed by atoms with Gasteiger partial charge in [0.15, 0.2) is 0 Å². The number of hydrogen-bond acceptors (Lipinski definition) is 3. The zero-order chi connectivity index (χ0) is 22.5. The van der Waals surface area contributed by atoms with Crippen molar-refractivity contribution in [3.8, 4) is 0 Å². The number of aromatic nitrogens is 2. The Hall–Kier alpha value is -3.93. The molecule has 32 heavy (non-hydrogen) atoms. The SMILES string of the molecule is CCN(C(=O)C(Cc1cnn(Cc2ccccc2)c1)C(=O)O)c1ccc2ccccc2c1. The summed E-state index contributed by atoms with van der Waals surface area (Å²) in [6.07, 6.45) is 3.54. The first-order chi connectivity index (χ1) is 15.5. The van der Waals surface area contributed by atoms with Crippen LogP contribution in [0.25, 0.3) is 10.8 Å². The normalized spacial score (nSPS) is 11.9. The monoisotopic (exact) mass is 427 g/mol. The van der Waals surface area contributed by atoms with Crippen molar-refractivity contribution in [2.24, 2.45) is 5.92 Å². The average Bonchev–Trinajstić information content (AvgIpc) is 3.25. The largest absolute Gasteiger partial charge is 0.481 e. The Labute approximate surface area is 186 Å². The van der Waals surface area contributed by atoms with Crippen LogP contribution in [0.15, 0.2) is 85.2 Å². The van der Waals surface area contributed by atoms with Crippen LogP contribution >= 0.6 is 0 Å². The predicted octanol–water partition coefficient (Wildman–Crippen LogP) is 4.38. The Balaban J connectivity index is 1.53. The van der Waals surface area contributed by atoms with Crippen molar-refractivity contribution in [3.05, 3.63) is 96.3 Å². The molecule has 1 N–H and O–H groups in total. The van der Waals surface area contributed by atoms with E-state index in [-0.39, 0.29) is 6.42 Å². The van der Waals surface area contributed by atoms with E-state index in [1.165, 1.54) is 0 Å². The number of carboxylic acids is 1. The zero-order valence-electron chi connectivity index (χ0n) is 17.9. The number of carbonyl (C=O) groups excluding carboxylic acids is 1.